The van der Waals surface area contributed by atoms with Gasteiger partial charge in [-0.05, 0) is 19.8 Å². The van der Waals surface area contributed by atoms with Crippen molar-refractivity contribution in [3.8, 4) is 5.82 Å². The Balaban J connectivity index is 2.36. The minimum absolute atomic E-state index is 0.0308. The van der Waals surface area contributed by atoms with Gasteiger partial charge in [-0.3, -0.25) is 9.25 Å². The Morgan fingerprint density at radius 1 is 1.22 bits per heavy atom. The lowest BCUT2D eigenvalue weighted by atomic mass is 10.0. The summed E-state index contributed by atoms with van der Waals surface area (Å²) in [4.78, 5) is 4.19. The minimum atomic E-state index is -0.0308. The topological polar surface area (TPSA) is 61.7 Å². The maximum absolute atomic E-state index is 6.19. The Kier molecular flexibility index (Phi) is 3.52. The standard InChI is InChI=1S/C13H21N5/c1-9(2)13(14)11-7-15-8-17(11)12-5-6-18(16-12)10(3)4/h5-10,13H,14H2,1-4H3. The molecule has 98 valence electrons. The van der Waals surface area contributed by atoms with Gasteiger partial charge in [-0.1, -0.05) is 13.8 Å². The summed E-state index contributed by atoms with van der Waals surface area (Å²) in [7, 11) is 0. The first-order valence-electron chi connectivity index (χ1n) is 6.34. The Morgan fingerprint density at radius 2 is 1.94 bits per heavy atom. The van der Waals surface area contributed by atoms with E-state index < -0.39 is 0 Å². The number of hydrogen-bond acceptors (Lipinski definition) is 3. The first-order valence-corrected chi connectivity index (χ1v) is 6.34. The van der Waals surface area contributed by atoms with Crippen molar-refractivity contribution in [2.45, 2.75) is 39.8 Å². The molecule has 0 aliphatic heterocycles. The van der Waals surface area contributed by atoms with Gasteiger partial charge in [0, 0.05) is 24.3 Å². The minimum Gasteiger partial charge on any atom is -0.322 e. The Hall–Kier alpha value is -1.62. The molecule has 0 aliphatic rings. The van der Waals surface area contributed by atoms with Gasteiger partial charge >= 0.3 is 0 Å². The van der Waals surface area contributed by atoms with Gasteiger partial charge in [0.25, 0.3) is 0 Å². The largest absolute Gasteiger partial charge is 0.322 e. The molecule has 1 unspecified atom stereocenters. The summed E-state index contributed by atoms with van der Waals surface area (Å²) < 4.78 is 3.89. The fourth-order valence-corrected chi connectivity index (χ4v) is 1.83. The zero-order chi connectivity index (χ0) is 13.3. The molecule has 0 radical (unpaired) electrons. The summed E-state index contributed by atoms with van der Waals surface area (Å²) in [5.41, 5.74) is 7.19. The summed E-state index contributed by atoms with van der Waals surface area (Å²) in [6.07, 6.45) is 5.56. The predicted molar refractivity (Wildman–Crippen MR) is 71.5 cm³/mol. The van der Waals surface area contributed by atoms with Gasteiger partial charge in [-0.25, -0.2) is 4.98 Å². The van der Waals surface area contributed by atoms with Crippen molar-refractivity contribution in [2.24, 2.45) is 11.7 Å². The molecule has 0 amide bonds. The van der Waals surface area contributed by atoms with Crippen molar-refractivity contribution in [2.75, 3.05) is 0 Å². The average molecular weight is 247 g/mol. The molecule has 2 aromatic rings. The van der Waals surface area contributed by atoms with Gasteiger partial charge in [0.2, 0.25) is 0 Å². The lowest BCUT2D eigenvalue weighted by molar-refractivity contribution is 0.492. The van der Waals surface area contributed by atoms with E-state index in [4.69, 9.17) is 5.73 Å². The molecule has 1 atom stereocenters. The summed E-state index contributed by atoms with van der Waals surface area (Å²) in [5, 5.41) is 4.54. The predicted octanol–water partition coefficient (Wildman–Crippen LogP) is 2.31. The van der Waals surface area contributed by atoms with Gasteiger partial charge in [0.15, 0.2) is 5.82 Å². The van der Waals surface area contributed by atoms with Crippen molar-refractivity contribution >= 4 is 0 Å². The fraction of sp³-hybridized carbons (Fsp3) is 0.538. The number of hydrogen-bond donors (Lipinski definition) is 1. The van der Waals surface area contributed by atoms with Crippen LogP contribution in [0.15, 0.2) is 24.8 Å². The zero-order valence-corrected chi connectivity index (χ0v) is 11.4. The van der Waals surface area contributed by atoms with Crippen molar-refractivity contribution in [1.29, 1.82) is 0 Å². The van der Waals surface area contributed by atoms with E-state index in [0.29, 0.717) is 12.0 Å². The van der Waals surface area contributed by atoms with Crippen molar-refractivity contribution in [3.05, 3.63) is 30.5 Å². The molecular weight excluding hydrogens is 226 g/mol. The van der Waals surface area contributed by atoms with Crippen LogP contribution in [0.5, 0.6) is 0 Å². The third-order valence-corrected chi connectivity index (χ3v) is 3.10. The second-order valence-corrected chi connectivity index (χ2v) is 5.21. The SMILES string of the molecule is CC(C)C(N)c1cncn1-c1ccn(C(C)C)n1. The number of nitrogens with zero attached hydrogens (tertiary/aromatic N) is 4. The van der Waals surface area contributed by atoms with Crippen molar-refractivity contribution < 1.29 is 0 Å². The highest BCUT2D eigenvalue weighted by atomic mass is 15.3. The highest BCUT2D eigenvalue weighted by molar-refractivity contribution is 5.25. The zero-order valence-electron chi connectivity index (χ0n) is 11.4. The van der Waals surface area contributed by atoms with E-state index in [-0.39, 0.29) is 6.04 Å². The third-order valence-electron chi connectivity index (χ3n) is 3.10. The van der Waals surface area contributed by atoms with E-state index in [2.05, 4.69) is 37.8 Å². The molecule has 5 nitrogen and oxygen atoms in total. The van der Waals surface area contributed by atoms with Gasteiger partial charge in [0.1, 0.15) is 6.33 Å². The number of nitrogens with two attached hydrogens (primary N) is 1. The number of aromatic nitrogens is 4. The first kappa shape index (κ1) is 12.8. The van der Waals surface area contributed by atoms with Crippen LogP contribution in [-0.2, 0) is 0 Å². The lowest BCUT2D eigenvalue weighted by Gasteiger charge is -2.16. The van der Waals surface area contributed by atoms with E-state index >= 15 is 0 Å². The van der Waals surface area contributed by atoms with E-state index in [0.717, 1.165) is 11.5 Å². The van der Waals surface area contributed by atoms with E-state index in [9.17, 15) is 0 Å². The molecule has 0 saturated carbocycles. The van der Waals surface area contributed by atoms with Crippen LogP contribution in [0.1, 0.15) is 45.5 Å². The molecule has 2 rings (SSSR count). The lowest BCUT2D eigenvalue weighted by Crippen LogP contribution is -2.20. The van der Waals surface area contributed by atoms with Crippen LogP contribution in [0.2, 0.25) is 0 Å². The molecule has 0 bridgehead atoms. The number of imidazole rings is 1. The second-order valence-electron chi connectivity index (χ2n) is 5.21. The van der Waals surface area contributed by atoms with Crippen LogP contribution in [0.3, 0.4) is 0 Å². The molecule has 5 heteroatoms. The molecular formula is C13H21N5. The highest BCUT2D eigenvalue weighted by Crippen LogP contribution is 2.21. The van der Waals surface area contributed by atoms with Gasteiger partial charge in [-0.15, -0.1) is 0 Å². The van der Waals surface area contributed by atoms with Crippen molar-refractivity contribution in [1.82, 2.24) is 19.3 Å². The van der Waals surface area contributed by atoms with Gasteiger partial charge in [-0.2, -0.15) is 5.10 Å². The first-order chi connectivity index (χ1) is 8.50. The average Bonchev–Trinajstić information content (AvgIpc) is 2.96. The Morgan fingerprint density at radius 3 is 2.50 bits per heavy atom. The quantitative estimate of drug-likeness (QED) is 0.901. The maximum Gasteiger partial charge on any atom is 0.160 e. The molecule has 2 aromatic heterocycles. The fourth-order valence-electron chi connectivity index (χ4n) is 1.83. The smallest absolute Gasteiger partial charge is 0.160 e. The van der Waals surface area contributed by atoms with Crippen molar-refractivity contribution in [3.63, 3.8) is 0 Å². The molecule has 0 spiro atoms. The Bertz CT molecular complexity index is 509. The highest BCUT2D eigenvalue weighted by Gasteiger charge is 2.17. The molecule has 2 N–H and O–H groups in total. The van der Waals surface area contributed by atoms with E-state index in [1.165, 1.54) is 0 Å². The number of rotatable bonds is 4. The van der Waals surface area contributed by atoms with E-state index in [1.54, 1.807) is 6.33 Å². The van der Waals surface area contributed by atoms with Crippen LogP contribution in [0.25, 0.3) is 5.82 Å². The normalized spacial score (nSPS) is 13.5. The van der Waals surface area contributed by atoms with Gasteiger partial charge in [0.05, 0.1) is 11.9 Å². The molecule has 0 fully saturated rings. The maximum atomic E-state index is 6.19. The summed E-state index contributed by atoms with van der Waals surface area (Å²) >= 11 is 0. The van der Waals surface area contributed by atoms with Crippen LogP contribution in [0, 0.1) is 5.92 Å². The Labute approximate surface area is 108 Å². The molecule has 0 saturated heterocycles. The van der Waals surface area contributed by atoms with Crippen LogP contribution >= 0.6 is 0 Å². The summed E-state index contributed by atoms with van der Waals surface area (Å²) in [6.45, 7) is 8.42. The molecule has 0 aromatic carbocycles. The van der Waals surface area contributed by atoms with E-state index in [1.807, 2.05) is 27.7 Å². The molecule has 0 aliphatic carbocycles. The molecule has 2 heterocycles. The van der Waals surface area contributed by atoms with Crippen LogP contribution in [-0.4, -0.2) is 19.3 Å². The van der Waals surface area contributed by atoms with Crippen LogP contribution < -0.4 is 5.73 Å². The van der Waals surface area contributed by atoms with Gasteiger partial charge < -0.3 is 5.73 Å². The summed E-state index contributed by atoms with van der Waals surface area (Å²) in [6, 6.07) is 2.30. The second kappa shape index (κ2) is 4.94. The summed E-state index contributed by atoms with van der Waals surface area (Å²) in [5.74, 6) is 1.24. The monoisotopic (exact) mass is 247 g/mol. The third kappa shape index (κ3) is 2.31. The van der Waals surface area contributed by atoms with Crippen LogP contribution in [0.4, 0.5) is 0 Å². The molecule has 18 heavy (non-hydrogen) atoms.